The van der Waals surface area contributed by atoms with Gasteiger partial charge in [-0.3, -0.25) is 10.1 Å². The summed E-state index contributed by atoms with van der Waals surface area (Å²) in [5.41, 5.74) is 7.72. The Morgan fingerprint density at radius 3 is 2.76 bits per heavy atom. The SMILES string of the molecule is Cc1ccc(N)cc1C(=O)Nc1nnc(CC(C)C)s1.Cl. The minimum atomic E-state index is -0.206. The van der Waals surface area contributed by atoms with Crippen LogP contribution in [0.2, 0.25) is 0 Å². The van der Waals surface area contributed by atoms with Crippen LogP contribution in [-0.4, -0.2) is 16.1 Å². The van der Waals surface area contributed by atoms with Crippen molar-refractivity contribution >= 4 is 40.5 Å². The summed E-state index contributed by atoms with van der Waals surface area (Å²) in [7, 11) is 0. The molecule has 0 unspecified atom stereocenters. The quantitative estimate of drug-likeness (QED) is 0.845. The Hall–Kier alpha value is -1.66. The van der Waals surface area contributed by atoms with E-state index in [2.05, 4.69) is 29.4 Å². The summed E-state index contributed by atoms with van der Waals surface area (Å²) in [6.07, 6.45) is 0.866. The number of carbonyl (C=O) groups excluding carboxylic acids is 1. The van der Waals surface area contributed by atoms with E-state index in [9.17, 15) is 4.79 Å². The zero-order valence-corrected chi connectivity index (χ0v) is 13.8. The summed E-state index contributed by atoms with van der Waals surface area (Å²) in [6, 6.07) is 5.27. The first-order valence-corrected chi connectivity index (χ1v) is 7.27. The zero-order valence-electron chi connectivity index (χ0n) is 12.2. The van der Waals surface area contributed by atoms with Crippen LogP contribution >= 0.6 is 23.7 Å². The molecule has 21 heavy (non-hydrogen) atoms. The summed E-state index contributed by atoms with van der Waals surface area (Å²) in [5, 5.41) is 12.3. The van der Waals surface area contributed by atoms with Gasteiger partial charge in [-0.1, -0.05) is 31.3 Å². The molecular formula is C14H19ClN4OS. The second kappa shape index (κ2) is 7.38. The van der Waals surface area contributed by atoms with Crippen molar-refractivity contribution in [3.8, 4) is 0 Å². The number of amides is 1. The molecule has 0 aliphatic heterocycles. The van der Waals surface area contributed by atoms with Gasteiger partial charge in [-0.2, -0.15) is 0 Å². The zero-order chi connectivity index (χ0) is 14.7. The van der Waals surface area contributed by atoms with E-state index in [0.29, 0.717) is 22.3 Å². The topological polar surface area (TPSA) is 80.9 Å². The van der Waals surface area contributed by atoms with Crippen molar-refractivity contribution in [2.45, 2.75) is 27.2 Å². The number of rotatable bonds is 4. The minimum Gasteiger partial charge on any atom is -0.399 e. The van der Waals surface area contributed by atoms with Gasteiger partial charge in [0, 0.05) is 17.7 Å². The molecule has 3 N–H and O–H groups in total. The molecular weight excluding hydrogens is 308 g/mol. The largest absolute Gasteiger partial charge is 0.399 e. The van der Waals surface area contributed by atoms with Gasteiger partial charge >= 0.3 is 0 Å². The first-order chi connectivity index (χ1) is 9.45. The number of carbonyl (C=O) groups is 1. The molecule has 1 aromatic heterocycles. The first kappa shape index (κ1) is 17.4. The average Bonchev–Trinajstić information content (AvgIpc) is 2.78. The Kier molecular flexibility index (Phi) is 6.11. The molecule has 2 rings (SSSR count). The predicted molar refractivity (Wildman–Crippen MR) is 89.2 cm³/mol. The number of halogens is 1. The van der Waals surface area contributed by atoms with Crippen molar-refractivity contribution in [1.29, 1.82) is 0 Å². The lowest BCUT2D eigenvalue weighted by atomic mass is 10.1. The third-order valence-electron chi connectivity index (χ3n) is 2.78. The average molecular weight is 327 g/mol. The van der Waals surface area contributed by atoms with Crippen LogP contribution in [0.3, 0.4) is 0 Å². The van der Waals surface area contributed by atoms with Gasteiger partial charge in [0.15, 0.2) is 0 Å². The van der Waals surface area contributed by atoms with Crippen LogP contribution in [-0.2, 0) is 6.42 Å². The summed E-state index contributed by atoms with van der Waals surface area (Å²) in [4.78, 5) is 12.2. The Bertz CT molecular complexity index is 627. The number of nitrogens with two attached hydrogens (primary N) is 1. The van der Waals surface area contributed by atoms with Crippen molar-refractivity contribution in [2.24, 2.45) is 5.92 Å². The fourth-order valence-corrected chi connectivity index (χ4v) is 2.73. The molecule has 0 saturated heterocycles. The number of hydrogen-bond acceptors (Lipinski definition) is 5. The van der Waals surface area contributed by atoms with Crippen molar-refractivity contribution in [2.75, 3.05) is 11.1 Å². The van der Waals surface area contributed by atoms with E-state index >= 15 is 0 Å². The van der Waals surface area contributed by atoms with Gasteiger partial charge in [-0.05, 0) is 30.5 Å². The molecule has 0 saturated carbocycles. The van der Waals surface area contributed by atoms with Crippen molar-refractivity contribution in [3.05, 3.63) is 34.3 Å². The molecule has 1 aromatic carbocycles. The van der Waals surface area contributed by atoms with Crippen LogP contribution in [0.1, 0.15) is 34.8 Å². The highest BCUT2D eigenvalue weighted by molar-refractivity contribution is 7.15. The van der Waals surface area contributed by atoms with E-state index in [-0.39, 0.29) is 18.3 Å². The second-order valence-corrected chi connectivity index (χ2v) is 6.19. The Labute approximate surface area is 134 Å². The number of benzene rings is 1. The highest BCUT2D eigenvalue weighted by Crippen LogP contribution is 2.20. The van der Waals surface area contributed by atoms with Crippen molar-refractivity contribution in [3.63, 3.8) is 0 Å². The molecule has 0 fully saturated rings. The second-order valence-electron chi connectivity index (χ2n) is 5.13. The normalized spacial score (nSPS) is 10.3. The maximum Gasteiger partial charge on any atom is 0.257 e. The van der Waals surface area contributed by atoms with E-state index in [1.807, 2.05) is 13.0 Å². The summed E-state index contributed by atoms with van der Waals surface area (Å²) < 4.78 is 0. The summed E-state index contributed by atoms with van der Waals surface area (Å²) in [5.74, 6) is 0.310. The molecule has 114 valence electrons. The molecule has 7 heteroatoms. The van der Waals surface area contributed by atoms with Crippen molar-refractivity contribution < 1.29 is 4.79 Å². The highest BCUT2D eigenvalue weighted by Gasteiger charge is 2.13. The maximum atomic E-state index is 12.2. The lowest BCUT2D eigenvalue weighted by Crippen LogP contribution is -2.13. The van der Waals surface area contributed by atoms with E-state index in [1.54, 1.807) is 12.1 Å². The Morgan fingerprint density at radius 1 is 1.38 bits per heavy atom. The Balaban J connectivity index is 0.00000220. The number of hydrogen-bond donors (Lipinski definition) is 2. The van der Waals surface area contributed by atoms with Gasteiger partial charge in [-0.15, -0.1) is 22.6 Å². The third-order valence-corrected chi connectivity index (χ3v) is 3.64. The predicted octanol–water partition coefficient (Wildman–Crippen LogP) is 3.30. The van der Waals surface area contributed by atoms with Gasteiger partial charge in [0.25, 0.3) is 5.91 Å². The monoisotopic (exact) mass is 326 g/mol. The molecule has 0 atom stereocenters. The number of aromatic nitrogens is 2. The van der Waals surface area contributed by atoms with Gasteiger partial charge in [0.2, 0.25) is 5.13 Å². The van der Waals surface area contributed by atoms with E-state index in [0.717, 1.165) is 17.0 Å². The fraction of sp³-hybridized carbons (Fsp3) is 0.357. The molecule has 1 amide bonds. The summed E-state index contributed by atoms with van der Waals surface area (Å²) >= 11 is 1.41. The highest BCUT2D eigenvalue weighted by atomic mass is 35.5. The van der Waals surface area contributed by atoms with Crippen LogP contribution < -0.4 is 11.1 Å². The van der Waals surface area contributed by atoms with E-state index in [4.69, 9.17) is 5.73 Å². The Morgan fingerprint density at radius 2 is 2.10 bits per heavy atom. The third kappa shape index (κ3) is 4.68. The smallest absolute Gasteiger partial charge is 0.257 e. The fourth-order valence-electron chi connectivity index (χ4n) is 1.78. The van der Waals surface area contributed by atoms with Crippen LogP contribution in [0.5, 0.6) is 0 Å². The molecule has 2 aromatic rings. The van der Waals surface area contributed by atoms with Crippen LogP contribution in [0.15, 0.2) is 18.2 Å². The standard InChI is InChI=1S/C14H18N4OS.ClH/c1-8(2)6-12-17-18-14(20-12)16-13(19)11-7-10(15)5-4-9(11)3;/h4-5,7-8H,6,15H2,1-3H3,(H,16,18,19);1H. The van der Waals surface area contributed by atoms with Crippen LogP contribution in [0.4, 0.5) is 10.8 Å². The van der Waals surface area contributed by atoms with Gasteiger partial charge in [0.05, 0.1) is 0 Å². The lowest BCUT2D eigenvalue weighted by molar-refractivity contribution is 0.102. The van der Waals surface area contributed by atoms with E-state index < -0.39 is 0 Å². The number of anilines is 2. The first-order valence-electron chi connectivity index (χ1n) is 6.45. The minimum absolute atomic E-state index is 0. The molecule has 0 bridgehead atoms. The van der Waals surface area contributed by atoms with Crippen LogP contribution in [0.25, 0.3) is 0 Å². The van der Waals surface area contributed by atoms with Crippen molar-refractivity contribution in [1.82, 2.24) is 10.2 Å². The maximum absolute atomic E-state index is 12.2. The number of nitrogen functional groups attached to an aromatic ring is 1. The van der Waals surface area contributed by atoms with Gasteiger partial charge in [-0.25, -0.2) is 0 Å². The molecule has 5 nitrogen and oxygen atoms in total. The molecule has 0 spiro atoms. The van der Waals surface area contributed by atoms with Crippen LogP contribution in [0, 0.1) is 12.8 Å². The number of nitrogens with one attached hydrogen (secondary N) is 1. The molecule has 1 heterocycles. The number of nitrogens with zero attached hydrogens (tertiary/aromatic N) is 2. The molecule has 0 aliphatic rings. The lowest BCUT2D eigenvalue weighted by Gasteiger charge is -2.05. The molecule has 0 radical (unpaired) electrons. The van der Waals surface area contributed by atoms with E-state index in [1.165, 1.54) is 11.3 Å². The van der Waals surface area contributed by atoms with Gasteiger partial charge < -0.3 is 5.73 Å². The summed E-state index contributed by atoms with van der Waals surface area (Å²) in [6.45, 7) is 6.12. The van der Waals surface area contributed by atoms with Gasteiger partial charge in [0.1, 0.15) is 5.01 Å². The molecule has 0 aliphatic carbocycles. The number of aryl methyl sites for hydroxylation is 1.